The summed E-state index contributed by atoms with van der Waals surface area (Å²) in [6.07, 6.45) is 16.2. The first-order chi connectivity index (χ1) is 14.9. The van der Waals surface area contributed by atoms with Crippen LogP contribution >= 0.6 is 0 Å². The predicted octanol–water partition coefficient (Wildman–Crippen LogP) is 7.96. The summed E-state index contributed by atoms with van der Waals surface area (Å²) in [5, 5.41) is 0. The lowest BCUT2D eigenvalue weighted by Crippen LogP contribution is -2.59. The Hall–Kier alpha value is -0.790. The van der Waals surface area contributed by atoms with E-state index in [1.54, 1.807) is 6.92 Å². The zero-order chi connectivity index (χ0) is 23.1. The van der Waals surface area contributed by atoms with Crippen LogP contribution in [0.4, 0.5) is 0 Å². The predicted molar refractivity (Wildman–Crippen MR) is 131 cm³/mol. The second-order valence-electron chi connectivity index (χ2n) is 14.4. The molecule has 0 aromatic carbocycles. The summed E-state index contributed by atoms with van der Waals surface area (Å²) in [7, 11) is 0. The van der Waals surface area contributed by atoms with Gasteiger partial charge in [-0.3, -0.25) is 4.79 Å². The van der Waals surface area contributed by atoms with Crippen LogP contribution in [-0.2, 0) is 9.53 Å². The molecule has 0 spiro atoms. The molecule has 5 aliphatic carbocycles. The zero-order valence-corrected chi connectivity index (χ0v) is 21.9. The second kappa shape index (κ2) is 7.35. The molecule has 0 radical (unpaired) electrons. The first-order valence-electron chi connectivity index (χ1n) is 13.8. The Morgan fingerprint density at radius 2 is 1.62 bits per heavy atom. The van der Waals surface area contributed by atoms with Crippen molar-refractivity contribution in [1.29, 1.82) is 0 Å². The van der Waals surface area contributed by atoms with E-state index in [9.17, 15) is 4.79 Å². The van der Waals surface area contributed by atoms with Crippen LogP contribution in [0.3, 0.4) is 0 Å². The molecule has 0 aromatic heterocycles. The molecule has 0 amide bonds. The Balaban J connectivity index is 1.46. The minimum Gasteiger partial charge on any atom is -0.462 e. The van der Waals surface area contributed by atoms with Crippen molar-refractivity contribution in [3.8, 4) is 0 Å². The van der Waals surface area contributed by atoms with Crippen molar-refractivity contribution >= 4 is 5.97 Å². The van der Waals surface area contributed by atoms with Crippen LogP contribution in [0.2, 0.25) is 0 Å². The number of carbonyl (C=O) groups excluding carboxylic acids is 1. The fourth-order valence-electron chi connectivity index (χ4n) is 10.2. The van der Waals surface area contributed by atoms with Gasteiger partial charge in [-0.2, -0.15) is 0 Å². The van der Waals surface area contributed by atoms with E-state index < -0.39 is 0 Å². The number of carbonyl (C=O) groups is 1. The molecule has 180 valence electrons. The summed E-state index contributed by atoms with van der Waals surface area (Å²) >= 11 is 0. The molecular weight excluding hydrogens is 392 g/mol. The van der Waals surface area contributed by atoms with E-state index in [2.05, 4.69) is 47.6 Å². The third-order valence-corrected chi connectivity index (χ3v) is 12.1. The average Bonchev–Trinajstić information content (AvgIpc) is 2.70. The number of hydrogen-bond donors (Lipinski definition) is 0. The lowest BCUT2D eigenvalue weighted by Gasteiger charge is -2.66. The number of hydrogen-bond acceptors (Lipinski definition) is 2. The number of rotatable bonds is 1. The highest BCUT2D eigenvalue weighted by atomic mass is 16.5. The average molecular weight is 441 g/mol. The van der Waals surface area contributed by atoms with Crippen molar-refractivity contribution in [3.05, 3.63) is 11.6 Å². The molecule has 4 fully saturated rings. The first kappa shape index (κ1) is 23.0. The molecule has 0 aromatic rings. The lowest BCUT2D eigenvalue weighted by molar-refractivity contribution is -0.176. The van der Waals surface area contributed by atoms with E-state index in [1.807, 2.05) is 5.57 Å². The first-order valence-corrected chi connectivity index (χ1v) is 13.8. The Bertz CT molecular complexity index is 810. The van der Waals surface area contributed by atoms with E-state index in [-0.39, 0.29) is 12.1 Å². The second-order valence-corrected chi connectivity index (χ2v) is 14.4. The number of ether oxygens (including phenoxy) is 1. The molecule has 0 saturated heterocycles. The summed E-state index contributed by atoms with van der Waals surface area (Å²) < 4.78 is 5.78. The topological polar surface area (TPSA) is 26.3 Å². The fourth-order valence-corrected chi connectivity index (χ4v) is 10.2. The molecule has 2 heteroatoms. The quantitative estimate of drug-likeness (QED) is 0.305. The number of allylic oxidation sites excluding steroid dienone is 2. The van der Waals surface area contributed by atoms with E-state index in [4.69, 9.17) is 4.74 Å². The number of fused-ring (bicyclic) bond motifs is 7. The SMILES string of the molecule is CC(=O)OC1CCC2(C)C(CCC3(C)C4CCC5(C)CCC(C)(C)CC5C4=CCC32)C1C. The van der Waals surface area contributed by atoms with E-state index >= 15 is 0 Å². The van der Waals surface area contributed by atoms with Crippen LogP contribution in [0.15, 0.2) is 11.6 Å². The molecule has 5 aliphatic rings. The van der Waals surface area contributed by atoms with Gasteiger partial charge in [0.05, 0.1) is 0 Å². The van der Waals surface area contributed by atoms with Crippen LogP contribution in [-0.4, -0.2) is 12.1 Å². The summed E-state index contributed by atoms with van der Waals surface area (Å²) in [4.78, 5) is 11.7. The van der Waals surface area contributed by atoms with E-state index in [0.717, 1.165) is 24.2 Å². The van der Waals surface area contributed by atoms with E-state index in [1.165, 1.54) is 57.8 Å². The van der Waals surface area contributed by atoms with E-state index in [0.29, 0.717) is 33.5 Å². The van der Waals surface area contributed by atoms with Gasteiger partial charge >= 0.3 is 5.97 Å². The highest BCUT2D eigenvalue weighted by Crippen LogP contribution is 2.70. The van der Waals surface area contributed by atoms with Gasteiger partial charge in [-0.25, -0.2) is 0 Å². The van der Waals surface area contributed by atoms with Crippen molar-refractivity contribution < 1.29 is 9.53 Å². The minimum absolute atomic E-state index is 0.1000. The van der Waals surface area contributed by atoms with Gasteiger partial charge in [-0.1, -0.05) is 53.2 Å². The maximum Gasteiger partial charge on any atom is 0.302 e. The normalized spacial score (nSPS) is 51.9. The van der Waals surface area contributed by atoms with Gasteiger partial charge in [0, 0.05) is 6.92 Å². The molecule has 0 bridgehead atoms. The van der Waals surface area contributed by atoms with Crippen molar-refractivity contribution in [2.75, 3.05) is 0 Å². The number of esters is 1. The third-order valence-electron chi connectivity index (χ3n) is 12.1. The Kier molecular flexibility index (Phi) is 5.28. The third kappa shape index (κ3) is 3.28. The molecule has 32 heavy (non-hydrogen) atoms. The maximum atomic E-state index is 11.7. The van der Waals surface area contributed by atoms with Crippen LogP contribution in [0.1, 0.15) is 113 Å². The molecule has 9 unspecified atom stereocenters. The standard InChI is InChI=1S/C30H48O2/c1-19-22-11-14-30(7)23-10-13-28(5)17-16-27(3,4)18-24(28)21(23)8-9-26(30)29(22,6)15-12-25(19)32-20(2)31/h8,19,22-26H,9-18H2,1-7H3. The van der Waals surface area contributed by atoms with Gasteiger partial charge in [0.2, 0.25) is 0 Å². The highest BCUT2D eigenvalue weighted by molar-refractivity contribution is 5.66. The van der Waals surface area contributed by atoms with Crippen molar-refractivity contribution in [2.24, 2.45) is 51.2 Å². The van der Waals surface area contributed by atoms with Gasteiger partial charge in [0.1, 0.15) is 6.10 Å². The zero-order valence-electron chi connectivity index (χ0n) is 21.9. The van der Waals surface area contributed by atoms with Crippen molar-refractivity contribution in [3.63, 3.8) is 0 Å². The van der Waals surface area contributed by atoms with Crippen LogP contribution < -0.4 is 0 Å². The van der Waals surface area contributed by atoms with Crippen LogP contribution in [0.5, 0.6) is 0 Å². The van der Waals surface area contributed by atoms with Gasteiger partial charge in [0.25, 0.3) is 0 Å². The molecule has 0 heterocycles. The molecule has 5 rings (SSSR count). The molecular formula is C30H48O2. The maximum absolute atomic E-state index is 11.7. The summed E-state index contributed by atoms with van der Waals surface area (Å²) in [6.45, 7) is 16.9. The van der Waals surface area contributed by atoms with Crippen LogP contribution in [0.25, 0.3) is 0 Å². The molecule has 4 saturated carbocycles. The summed E-state index contributed by atoms with van der Waals surface area (Å²) in [5.74, 6) is 3.47. The van der Waals surface area contributed by atoms with Crippen molar-refractivity contribution in [1.82, 2.24) is 0 Å². The summed E-state index contributed by atoms with van der Waals surface area (Å²) in [6, 6.07) is 0. The monoisotopic (exact) mass is 440 g/mol. The summed E-state index contributed by atoms with van der Waals surface area (Å²) in [5.41, 5.74) is 3.76. The van der Waals surface area contributed by atoms with Crippen LogP contribution in [0, 0.1) is 51.2 Å². The Labute approximate surface area is 197 Å². The molecule has 0 N–H and O–H groups in total. The van der Waals surface area contributed by atoms with Gasteiger partial charge in [-0.05, 0) is 115 Å². The highest BCUT2D eigenvalue weighted by Gasteiger charge is 2.62. The molecule has 2 nitrogen and oxygen atoms in total. The van der Waals surface area contributed by atoms with Crippen molar-refractivity contribution in [2.45, 2.75) is 119 Å². The van der Waals surface area contributed by atoms with Gasteiger partial charge < -0.3 is 4.74 Å². The largest absolute Gasteiger partial charge is 0.462 e. The smallest absolute Gasteiger partial charge is 0.302 e. The molecule has 0 aliphatic heterocycles. The minimum atomic E-state index is -0.1000. The molecule has 9 atom stereocenters. The fraction of sp³-hybridized carbons (Fsp3) is 0.900. The van der Waals surface area contributed by atoms with Gasteiger partial charge in [0.15, 0.2) is 0 Å². The lowest BCUT2D eigenvalue weighted by atomic mass is 9.38. The van der Waals surface area contributed by atoms with Gasteiger partial charge in [-0.15, -0.1) is 0 Å². The Morgan fingerprint density at radius 3 is 2.34 bits per heavy atom. The Morgan fingerprint density at radius 1 is 0.906 bits per heavy atom.